The number of hydrogen-bond acceptors (Lipinski definition) is 3. The van der Waals surface area contributed by atoms with E-state index in [9.17, 15) is 0 Å². The van der Waals surface area contributed by atoms with Crippen molar-refractivity contribution in [3.8, 4) is 22.6 Å². The van der Waals surface area contributed by atoms with Gasteiger partial charge in [0.15, 0.2) is 0 Å². The van der Waals surface area contributed by atoms with Gasteiger partial charge in [0.25, 0.3) is 0 Å². The maximum absolute atomic E-state index is 6.00. The molecule has 2 aromatic rings. The predicted octanol–water partition coefficient (Wildman–Crippen LogP) is 5.13. The minimum atomic E-state index is 0.710. The fourth-order valence-corrected chi connectivity index (χ4v) is 2.44. The highest BCUT2D eigenvalue weighted by atomic mass is 16.5. The number of aryl methyl sites for hydroxylation is 1. The number of ether oxygens (including phenoxy) is 2. The van der Waals surface area contributed by atoms with Gasteiger partial charge in [-0.05, 0) is 48.1 Å². The number of pyridine rings is 1. The van der Waals surface area contributed by atoms with Gasteiger partial charge in [0, 0.05) is 11.8 Å². The molecule has 0 aliphatic carbocycles. The molecule has 0 aliphatic heterocycles. The van der Waals surface area contributed by atoms with Crippen LogP contribution >= 0.6 is 0 Å². The molecule has 3 nitrogen and oxygen atoms in total. The Bertz CT molecular complexity index is 625. The fraction of sp³-hybridized carbons (Fsp3) is 0.450. The van der Waals surface area contributed by atoms with Gasteiger partial charge in [0.05, 0.1) is 19.9 Å². The van der Waals surface area contributed by atoms with Crippen molar-refractivity contribution in [2.75, 3.05) is 13.7 Å². The summed E-state index contributed by atoms with van der Waals surface area (Å²) in [5, 5.41) is 0. The third-order valence-electron chi connectivity index (χ3n) is 4.29. The molecule has 0 spiro atoms. The Morgan fingerprint density at radius 1 is 1.09 bits per heavy atom. The maximum atomic E-state index is 6.00. The van der Waals surface area contributed by atoms with Gasteiger partial charge in [-0.15, -0.1) is 0 Å². The van der Waals surface area contributed by atoms with E-state index in [1.165, 1.54) is 12.0 Å². The highest BCUT2D eigenvalue weighted by molar-refractivity contribution is 5.66. The Kier molecular flexibility index (Phi) is 6.45. The van der Waals surface area contributed by atoms with Gasteiger partial charge < -0.3 is 9.47 Å². The highest BCUT2D eigenvalue weighted by Gasteiger charge is 2.07. The van der Waals surface area contributed by atoms with Crippen molar-refractivity contribution < 1.29 is 9.47 Å². The van der Waals surface area contributed by atoms with Crippen molar-refractivity contribution in [3.63, 3.8) is 0 Å². The molecule has 124 valence electrons. The summed E-state index contributed by atoms with van der Waals surface area (Å²) >= 11 is 0. The zero-order valence-electron chi connectivity index (χ0n) is 14.6. The molecule has 0 N–H and O–H groups in total. The van der Waals surface area contributed by atoms with Crippen LogP contribution in [0.1, 0.15) is 39.2 Å². The second kappa shape index (κ2) is 8.56. The van der Waals surface area contributed by atoms with Crippen molar-refractivity contribution in [2.45, 2.75) is 40.0 Å². The molecule has 0 bridgehead atoms. The normalized spacial score (nSPS) is 12.0. The van der Waals surface area contributed by atoms with Crippen molar-refractivity contribution in [1.29, 1.82) is 0 Å². The molecule has 0 saturated heterocycles. The quantitative estimate of drug-likeness (QED) is 0.676. The minimum absolute atomic E-state index is 0.710. The monoisotopic (exact) mass is 313 g/mol. The summed E-state index contributed by atoms with van der Waals surface area (Å²) in [7, 11) is 1.66. The minimum Gasteiger partial charge on any atom is -0.495 e. The van der Waals surface area contributed by atoms with Crippen LogP contribution in [-0.2, 0) is 6.42 Å². The zero-order chi connectivity index (χ0) is 16.7. The number of methoxy groups -OCH3 is 1. The molecule has 0 radical (unpaired) electrons. The van der Waals surface area contributed by atoms with Crippen LogP contribution in [0.3, 0.4) is 0 Å². The van der Waals surface area contributed by atoms with Crippen LogP contribution < -0.4 is 9.47 Å². The van der Waals surface area contributed by atoms with Crippen molar-refractivity contribution in [3.05, 3.63) is 42.2 Å². The van der Waals surface area contributed by atoms with E-state index in [0.717, 1.165) is 42.1 Å². The molecule has 1 heterocycles. The number of benzene rings is 1. The first-order valence-corrected chi connectivity index (χ1v) is 8.43. The Morgan fingerprint density at radius 3 is 2.61 bits per heavy atom. The topological polar surface area (TPSA) is 31.4 Å². The summed E-state index contributed by atoms with van der Waals surface area (Å²) in [4.78, 5) is 4.23. The molecule has 0 amide bonds. The number of rotatable bonds is 8. The van der Waals surface area contributed by atoms with Gasteiger partial charge in [0.1, 0.15) is 11.5 Å². The van der Waals surface area contributed by atoms with E-state index in [-0.39, 0.29) is 0 Å². The summed E-state index contributed by atoms with van der Waals surface area (Å²) in [6, 6.07) is 8.36. The van der Waals surface area contributed by atoms with Crippen LogP contribution in [-0.4, -0.2) is 18.7 Å². The summed E-state index contributed by atoms with van der Waals surface area (Å²) in [6.07, 6.45) is 6.83. The maximum Gasteiger partial charge on any atom is 0.137 e. The van der Waals surface area contributed by atoms with Crippen LogP contribution in [0.5, 0.6) is 11.5 Å². The molecule has 23 heavy (non-hydrogen) atoms. The van der Waals surface area contributed by atoms with Crippen molar-refractivity contribution in [2.24, 2.45) is 5.92 Å². The highest BCUT2D eigenvalue weighted by Crippen LogP contribution is 2.28. The lowest BCUT2D eigenvalue weighted by Crippen LogP contribution is -2.04. The second-order valence-electron chi connectivity index (χ2n) is 5.94. The van der Waals surface area contributed by atoms with Crippen molar-refractivity contribution in [1.82, 2.24) is 4.98 Å². The van der Waals surface area contributed by atoms with Crippen molar-refractivity contribution >= 4 is 0 Å². The van der Waals surface area contributed by atoms with Gasteiger partial charge in [0.2, 0.25) is 0 Å². The molecule has 0 saturated carbocycles. The predicted molar refractivity (Wildman–Crippen MR) is 95.2 cm³/mol. The Hall–Kier alpha value is -2.03. The van der Waals surface area contributed by atoms with Gasteiger partial charge in [-0.25, -0.2) is 0 Å². The SMILES string of the molecule is CCc1cc(-c2cncc(OC)c2)ccc1OCCC(C)CC. The Balaban J connectivity index is 2.15. The van der Waals surface area contributed by atoms with Crippen LogP contribution in [0, 0.1) is 5.92 Å². The van der Waals surface area contributed by atoms with E-state index in [1.54, 1.807) is 13.3 Å². The molecule has 1 unspecified atom stereocenters. The van der Waals surface area contributed by atoms with E-state index in [1.807, 2.05) is 12.3 Å². The van der Waals surface area contributed by atoms with E-state index in [0.29, 0.717) is 5.92 Å². The largest absolute Gasteiger partial charge is 0.495 e. The molecule has 0 fully saturated rings. The molecule has 1 atom stereocenters. The molecular formula is C20H27NO2. The first-order valence-electron chi connectivity index (χ1n) is 8.43. The number of hydrogen-bond donors (Lipinski definition) is 0. The van der Waals surface area contributed by atoms with Crippen LogP contribution in [0.4, 0.5) is 0 Å². The second-order valence-corrected chi connectivity index (χ2v) is 5.94. The van der Waals surface area contributed by atoms with Crippen LogP contribution in [0.15, 0.2) is 36.7 Å². The zero-order valence-corrected chi connectivity index (χ0v) is 14.6. The number of aromatic nitrogens is 1. The van der Waals surface area contributed by atoms with Gasteiger partial charge >= 0.3 is 0 Å². The molecule has 1 aromatic carbocycles. The summed E-state index contributed by atoms with van der Waals surface area (Å²) in [5.41, 5.74) is 3.43. The third-order valence-corrected chi connectivity index (χ3v) is 4.29. The molecule has 0 aliphatic rings. The molecule has 3 heteroatoms. The average molecular weight is 313 g/mol. The Morgan fingerprint density at radius 2 is 1.91 bits per heavy atom. The molecule has 1 aromatic heterocycles. The lowest BCUT2D eigenvalue weighted by molar-refractivity contribution is 0.279. The van der Waals surface area contributed by atoms with E-state index in [4.69, 9.17) is 9.47 Å². The lowest BCUT2D eigenvalue weighted by atomic mass is 10.0. The van der Waals surface area contributed by atoms with E-state index < -0.39 is 0 Å². The Labute approximate surface area is 139 Å². The summed E-state index contributed by atoms with van der Waals surface area (Å²) in [5.74, 6) is 2.48. The molecule has 2 rings (SSSR count). The van der Waals surface area contributed by atoms with Gasteiger partial charge in [-0.3, -0.25) is 4.98 Å². The van der Waals surface area contributed by atoms with Gasteiger partial charge in [-0.2, -0.15) is 0 Å². The number of nitrogens with zero attached hydrogens (tertiary/aromatic N) is 1. The summed E-state index contributed by atoms with van der Waals surface area (Å²) < 4.78 is 11.3. The standard InChI is InChI=1S/C20H27NO2/c1-5-15(3)9-10-23-20-8-7-17(11-16(20)6-2)18-12-19(22-4)14-21-13-18/h7-8,11-15H,5-6,9-10H2,1-4H3. The smallest absolute Gasteiger partial charge is 0.137 e. The molecular weight excluding hydrogens is 286 g/mol. The summed E-state index contributed by atoms with van der Waals surface area (Å²) in [6.45, 7) is 7.43. The first kappa shape index (κ1) is 17.3. The van der Waals surface area contributed by atoms with E-state index in [2.05, 4.69) is 44.0 Å². The van der Waals surface area contributed by atoms with Crippen LogP contribution in [0.2, 0.25) is 0 Å². The lowest BCUT2D eigenvalue weighted by Gasteiger charge is -2.14. The average Bonchev–Trinajstić information content (AvgIpc) is 2.61. The third kappa shape index (κ3) is 4.72. The first-order chi connectivity index (χ1) is 11.2. The van der Waals surface area contributed by atoms with Crippen LogP contribution in [0.25, 0.3) is 11.1 Å². The van der Waals surface area contributed by atoms with E-state index >= 15 is 0 Å². The fourth-order valence-electron chi connectivity index (χ4n) is 2.44. The van der Waals surface area contributed by atoms with Gasteiger partial charge in [-0.1, -0.05) is 33.3 Å².